The van der Waals surface area contributed by atoms with Gasteiger partial charge in [-0.25, -0.2) is 9.18 Å². The van der Waals surface area contributed by atoms with Gasteiger partial charge in [-0.15, -0.1) is 0 Å². The molecule has 0 radical (unpaired) electrons. The molecule has 0 aliphatic rings. The van der Waals surface area contributed by atoms with E-state index in [1.165, 1.54) is 0 Å². The predicted molar refractivity (Wildman–Crippen MR) is 90.9 cm³/mol. The number of nitrogens with one attached hydrogen (secondary N) is 2. The Hall–Kier alpha value is -1.62. The summed E-state index contributed by atoms with van der Waals surface area (Å²) < 4.78 is 18.8. The number of hydrogen-bond acceptors (Lipinski definition) is 3. The minimum Gasteiger partial charge on any atom is -0.444 e. The van der Waals surface area contributed by atoms with Crippen LogP contribution in [0.1, 0.15) is 51.7 Å². The molecule has 0 saturated heterocycles. The average Bonchev–Trinajstić information content (AvgIpc) is 2.43. The number of hydrogen-bond donors (Lipinski definition) is 2. The van der Waals surface area contributed by atoms with Gasteiger partial charge in [0.05, 0.1) is 0 Å². The van der Waals surface area contributed by atoms with Crippen LogP contribution in [0.15, 0.2) is 18.2 Å². The minimum atomic E-state index is -0.503. The highest BCUT2D eigenvalue weighted by atomic mass is 19.1. The fourth-order valence-electron chi connectivity index (χ4n) is 2.15. The van der Waals surface area contributed by atoms with E-state index in [2.05, 4.69) is 17.6 Å². The monoisotopic (exact) mass is 324 g/mol. The number of aryl methyl sites for hydroxylation is 1. The van der Waals surface area contributed by atoms with Crippen molar-refractivity contribution in [1.82, 2.24) is 10.6 Å². The molecule has 1 atom stereocenters. The maximum atomic E-state index is 13.6. The van der Waals surface area contributed by atoms with Gasteiger partial charge in [-0.1, -0.05) is 25.5 Å². The quantitative estimate of drug-likeness (QED) is 0.799. The van der Waals surface area contributed by atoms with Gasteiger partial charge in [0.2, 0.25) is 0 Å². The smallest absolute Gasteiger partial charge is 0.407 e. The lowest BCUT2D eigenvalue weighted by Gasteiger charge is -2.22. The van der Waals surface area contributed by atoms with Gasteiger partial charge >= 0.3 is 6.09 Å². The summed E-state index contributed by atoms with van der Waals surface area (Å²) in [5, 5.41) is 6.15. The van der Waals surface area contributed by atoms with Crippen molar-refractivity contribution < 1.29 is 13.9 Å². The molecule has 1 unspecified atom stereocenters. The van der Waals surface area contributed by atoms with Crippen LogP contribution in [0.2, 0.25) is 0 Å². The lowest BCUT2D eigenvalue weighted by atomic mass is 10.1. The fraction of sp³-hybridized carbons (Fsp3) is 0.611. The molecule has 0 bridgehead atoms. The van der Waals surface area contributed by atoms with Crippen LogP contribution in [0.5, 0.6) is 0 Å². The van der Waals surface area contributed by atoms with E-state index in [0.717, 1.165) is 18.4 Å². The van der Waals surface area contributed by atoms with Crippen LogP contribution >= 0.6 is 0 Å². The normalized spacial score (nSPS) is 12.8. The summed E-state index contributed by atoms with van der Waals surface area (Å²) in [6.45, 7) is 10.4. The highest BCUT2D eigenvalue weighted by Crippen LogP contribution is 2.10. The van der Waals surface area contributed by atoms with Gasteiger partial charge in [0.1, 0.15) is 11.4 Å². The Kier molecular flexibility index (Phi) is 7.49. The first kappa shape index (κ1) is 19.4. The summed E-state index contributed by atoms with van der Waals surface area (Å²) >= 11 is 0. The summed E-state index contributed by atoms with van der Waals surface area (Å²) in [6, 6.07) is 5.36. The number of halogens is 1. The van der Waals surface area contributed by atoms with E-state index in [4.69, 9.17) is 4.74 Å². The molecule has 0 saturated carbocycles. The Bertz CT molecular complexity index is 512. The second kappa shape index (κ2) is 8.87. The minimum absolute atomic E-state index is 0.122. The Balaban J connectivity index is 2.48. The van der Waals surface area contributed by atoms with Crippen LogP contribution in [0.4, 0.5) is 9.18 Å². The van der Waals surface area contributed by atoms with Gasteiger partial charge in [0.25, 0.3) is 0 Å². The molecular weight excluding hydrogens is 295 g/mol. The highest BCUT2D eigenvalue weighted by Gasteiger charge is 2.17. The van der Waals surface area contributed by atoms with Gasteiger partial charge in [-0.3, -0.25) is 0 Å². The molecule has 2 N–H and O–H groups in total. The second-order valence-electron chi connectivity index (χ2n) is 6.83. The molecule has 0 spiro atoms. The molecule has 1 aromatic carbocycles. The molecule has 5 heteroatoms. The molecule has 0 aliphatic heterocycles. The first-order chi connectivity index (χ1) is 10.7. The second-order valence-corrected chi connectivity index (χ2v) is 6.83. The molecule has 0 aliphatic carbocycles. The Morgan fingerprint density at radius 3 is 2.61 bits per heavy atom. The zero-order valence-electron chi connectivity index (χ0n) is 14.8. The van der Waals surface area contributed by atoms with Crippen molar-refractivity contribution in [3.63, 3.8) is 0 Å². The summed E-state index contributed by atoms with van der Waals surface area (Å²) in [7, 11) is 0. The maximum absolute atomic E-state index is 13.6. The third-order valence-electron chi connectivity index (χ3n) is 3.36. The number of alkyl carbamates (subject to hydrolysis) is 1. The first-order valence-corrected chi connectivity index (χ1v) is 8.16. The van der Waals surface area contributed by atoms with E-state index in [0.29, 0.717) is 18.7 Å². The number of rotatable bonds is 7. The summed E-state index contributed by atoms with van der Waals surface area (Å²) in [4.78, 5) is 11.7. The third kappa shape index (κ3) is 7.98. The van der Waals surface area contributed by atoms with Crippen molar-refractivity contribution >= 4 is 6.09 Å². The molecule has 0 fully saturated rings. The Morgan fingerprint density at radius 2 is 2.04 bits per heavy atom. The van der Waals surface area contributed by atoms with Gasteiger partial charge in [0, 0.05) is 19.1 Å². The van der Waals surface area contributed by atoms with Crippen LogP contribution in [0.3, 0.4) is 0 Å². The van der Waals surface area contributed by atoms with E-state index in [9.17, 15) is 9.18 Å². The van der Waals surface area contributed by atoms with Crippen LogP contribution in [-0.2, 0) is 11.3 Å². The molecule has 1 amide bonds. The molecule has 0 aromatic heterocycles. The highest BCUT2D eigenvalue weighted by molar-refractivity contribution is 5.67. The lowest BCUT2D eigenvalue weighted by Crippen LogP contribution is -2.42. The molecule has 0 heterocycles. The molecule has 1 rings (SSSR count). The average molecular weight is 324 g/mol. The van der Waals surface area contributed by atoms with E-state index >= 15 is 0 Å². The van der Waals surface area contributed by atoms with Crippen molar-refractivity contribution in [2.45, 2.75) is 65.6 Å². The zero-order chi connectivity index (χ0) is 17.5. The Labute approximate surface area is 138 Å². The van der Waals surface area contributed by atoms with Crippen molar-refractivity contribution in [3.05, 3.63) is 35.1 Å². The summed E-state index contributed by atoms with van der Waals surface area (Å²) in [5.41, 5.74) is 1.04. The van der Waals surface area contributed by atoms with E-state index < -0.39 is 11.7 Å². The standard InChI is InChI=1S/C18H29FN2O2/c1-6-7-15(12-21-17(22)23-18(3,4)5)20-11-14-9-8-13(2)16(19)10-14/h8-10,15,20H,6-7,11-12H2,1-5H3,(H,21,22). The number of carbonyl (C=O) groups is 1. The van der Waals surface area contributed by atoms with Gasteiger partial charge < -0.3 is 15.4 Å². The third-order valence-corrected chi connectivity index (χ3v) is 3.36. The van der Waals surface area contributed by atoms with Crippen LogP contribution < -0.4 is 10.6 Å². The van der Waals surface area contributed by atoms with Crippen LogP contribution in [-0.4, -0.2) is 24.3 Å². The predicted octanol–water partition coefficient (Wildman–Crippen LogP) is 3.92. The zero-order valence-corrected chi connectivity index (χ0v) is 14.8. The lowest BCUT2D eigenvalue weighted by molar-refractivity contribution is 0.0521. The number of ether oxygens (including phenoxy) is 1. The number of benzene rings is 1. The van der Waals surface area contributed by atoms with Crippen molar-refractivity contribution in [1.29, 1.82) is 0 Å². The first-order valence-electron chi connectivity index (χ1n) is 8.16. The van der Waals surface area contributed by atoms with Crippen molar-refractivity contribution in [2.24, 2.45) is 0 Å². The fourth-order valence-corrected chi connectivity index (χ4v) is 2.15. The molecule has 23 heavy (non-hydrogen) atoms. The summed E-state index contributed by atoms with van der Waals surface area (Å²) in [6.07, 6.45) is 1.50. The van der Waals surface area contributed by atoms with E-state index in [1.54, 1.807) is 19.1 Å². The molecule has 1 aromatic rings. The van der Waals surface area contributed by atoms with Gasteiger partial charge in [-0.2, -0.15) is 0 Å². The number of amides is 1. The van der Waals surface area contributed by atoms with E-state index in [1.807, 2.05) is 26.8 Å². The largest absolute Gasteiger partial charge is 0.444 e. The van der Waals surface area contributed by atoms with Gasteiger partial charge in [0.15, 0.2) is 0 Å². The Morgan fingerprint density at radius 1 is 1.35 bits per heavy atom. The maximum Gasteiger partial charge on any atom is 0.407 e. The number of carbonyl (C=O) groups excluding carboxylic acids is 1. The topological polar surface area (TPSA) is 50.4 Å². The van der Waals surface area contributed by atoms with Gasteiger partial charge in [-0.05, 0) is 51.3 Å². The molecular formula is C18H29FN2O2. The SMILES string of the molecule is CCCC(CNC(=O)OC(C)(C)C)NCc1ccc(C)c(F)c1. The van der Waals surface area contributed by atoms with Crippen LogP contribution in [0.25, 0.3) is 0 Å². The van der Waals surface area contributed by atoms with Crippen molar-refractivity contribution in [2.75, 3.05) is 6.54 Å². The molecule has 130 valence electrons. The summed E-state index contributed by atoms with van der Waals surface area (Å²) in [5.74, 6) is -0.191. The van der Waals surface area contributed by atoms with E-state index in [-0.39, 0.29) is 11.9 Å². The molecule has 4 nitrogen and oxygen atoms in total. The van der Waals surface area contributed by atoms with Crippen molar-refractivity contribution in [3.8, 4) is 0 Å². The van der Waals surface area contributed by atoms with Crippen LogP contribution in [0, 0.1) is 12.7 Å².